The molecule has 0 saturated carbocycles. The molecule has 3 heteroatoms. The molecule has 0 fully saturated rings. The van der Waals surface area contributed by atoms with Crippen LogP contribution in [0.4, 0.5) is 5.69 Å². The van der Waals surface area contributed by atoms with Gasteiger partial charge < -0.3 is 10.6 Å². The van der Waals surface area contributed by atoms with E-state index in [1.54, 1.807) is 0 Å². The second-order valence-electron chi connectivity index (χ2n) is 4.19. The lowest BCUT2D eigenvalue weighted by Crippen LogP contribution is -2.17. The molecule has 0 aromatic heterocycles. The second kappa shape index (κ2) is 5.60. The molecular weight excluding hydrogens is 216 g/mol. The fourth-order valence-electron chi connectivity index (χ4n) is 2.16. The molecule has 0 amide bonds. The van der Waals surface area contributed by atoms with Gasteiger partial charge >= 0.3 is 0 Å². The van der Waals surface area contributed by atoms with Crippen LogP contribution >= 0.6 is 11.8 Å². The average Bonchev–Trinajstić information content (AvgIpc) is 2.35. The van der Waals surface area contributed by atoms with Crippen LogP contribution in [0.2, 0.25) is 0 Å². The molecule has 1 atom stereocenters. The first-order valence-corrected chi connectivity index (χ1v) is 6.99. The van der Waals surface area contributed by atoms with Crippen LogP contribution in [0.15, 0.2) is 23.1 Å². The lowest BCUT2D eigenvalue weighted by molar-refractivity contribution is 0.611. The number of fused-ring (bicyclic) bond motifs is 1. The average molecular weight is 236 g/mol. The van der Waals surface area contributed by atoms with Gasteiger partial charge in [-0.25, -0.2) is 0 Å². The molecule has 0 radical (unpaired) electrons. The standard InChI is InChI=1S/C13H20N2S/c1-3-10(9-14-2)11-4-5-13-12(8-11)15-6-7-16-13/h4-5,8,10,14-15H,3,6-7,9H2,1-2H3. The van der Waals surface area contributed by atoms with Crippen LogP contribution in [0.25, 0.3) is 0 Å². The maximum Gasteiger partial charge on any atom is 0.0481 e. The van der Waals surface area contributed by atoms with E-state index in [9.17, 15) is 0 Å². The monoisotopic (exact) mass is 236 g/mol. The number of thioether (sulfide) groups is 1. The number of rotatable bonds is 4. The Kier molecular flexibility index (Phi) is 4.13. The van der Waals surface area contributed by atoms with E-state index >= 15 is 0 Å². The van der Waals surface area contributed by atoms with Crippen molar-refractivity contribution in [3.8, 4) is 0 Å². The van der Waals surface area contributed by atoms with Crippen LogP contribution in [0.5, 0.6) is 0 Å². The maximum absolute atomic E-state index is 3.48. The predicted molar refractivity (Wildman–Crippen MR) is 72.6 cm³/mol. The molecule has 88 valence electrons. The molecule has 2 rings (SSSR count). The Morgan fingerprint density at radius 3 is 3.12 bits per heavy atom. The lowest BCUT2D eigenvalue weighted by Gasteiger charge is -2.21. The van der Waals surface area contributed by atoms with Crippen molar-refractivity contribution in [2.24, 2.45) is 0 Å². The zero-order valence-corrected chi connectivity index (χ0v) is 10.9. The van der Waals surface area contributed by atoms with Crippen LogP contribution in [-0.4, -0.2) is 25.9 Å². The Hall–Kier alpha value is -0.670. The van der Waals surface area contributed by atoms with Crippen LogP contribution in [-0.2, 0) is 0 Å². The molecule has 0 bridgehead atoms. The summed E-state index contributed by atoms with van der Waals surface area (Å²) in [7, 11) is 2.02. The molecular formula is C13H20N2S. The van der Waals surface area contributed by atoms with Crippen LogP contribution in [0.1, 0.15) is 24.8 Å². The van der Waals surface area contributed by atoms with E-state index in [1.165, 1.54) is 28.3 Å². The van der Waals surface area contributed by atoms with Crippen LogP contribution < -0.4 is 10.6 Å². The zero-order valence-electron chi connectivity index (χ0n) is 10.0. The van der Waals surface area contributed by atoms with Gasteiger partial charge in [-0.1, -0.05) is 13.0 Å². The van der Waals surface area contributed by atoms with Gasteiger partial charge in [0.05, 0.1) is 0 Å². The summed E-state index contributed by atoms with van der Waals surface area (Å²) < 4.78 is 0. The Bertz CT molecular complexity index is 352. The summed E-state index contributed by atoms with van der Waals surface area (Å²) in [6.07, 6.45) is 1.19. The topological polar surface area (TPSA) is 24.1 Å². The lowest BCUT2D eigenvalue weighted by atomic mass is 9.96. The number of nitrogens with one attached hydrogen (secondary N) is 2. The van der Waals surface area contributed by atoms with Gasteiger partial charge in [0.1, 0.15) is 0 Å². The second-order valence-corrected chi connectivity index (χ2v) is 5.33. The van der Waals surface area contributed by atoms with Crippen molar-refractivity contribution >= 4 is 17.4 Å². The molecule has 0 saturated heterocycles. The Morgan fingerprint density at radius 2 is 2.38 bits per heavy atom. The molecule has 1 heterocycles. The molecule has 2 nitrogen and oxygen atoms in total. The van der Waals surface area contributed by atoms with Crippen molar-refractivity contribution in [1.82, 2.24) is 5.32 Å². The summed E-state index contributed by atoms with van der Waals surface area (Å²) in [4.78, 5) is 1.40. The third-order valence-corrected chi connectivity index (χ3v) is 4.17. The Morgan fingerprint density at radius 1 is 1.50 bits per heavy atom. The van der Waals surface area contributed by atoms with E-state index in [0.29, 0.717) is 5.92 Å². The fraction of sp³-hybridized carbons (Fsp3) is 0.538. The van der Waals surface area contributed by atoms with E-state index in [2.05, 4.69) is 35.8 Å². The normalized spacial score (nSPS) is 16.4. The SMILES string of the molecule is CCC(CNC)c1ccc2c(c1)NCCS2. The Balaban J connectivity index is 2.21. The predicted octanol–water partition coefficient (Wildman–Crippen LogP) is 2.92. The molecule has 1 aliphatic rings. The first-order chi connectivity index (χ1) is 7.85. The highest BCUT2D eigenvalue weighted by molar-refractivity contribution is 7.99. The van der Waals surface area contributed by atoms with Crippen molar-refractivity contribution in [3.05, 3.63) is 23.8 Å². The van der Waals surface area contributed by atoms with Crippen molar-refractivity contribution < 1.29 is 0 Å². The first-order valence-electron chi connectivity index (χ1n) is 6.00. The van der Waals surface area contributed by atoms with Gasteiger partial charge in [0.25, 0.3) is 0 Å². The van der Waals surface area contributed by atoms with Gasteiger partial charge in [-0.3, -0.25) is 0 Å². The third-order valence-electron chi connectivity index (χ3n) is 3.09. The van der Waals surface area contributed by atoms with Crippen LogP contribution in [0.3, 0.4) is 0 Å². The highest BCUT2D eigenvalue weighted by atomic mass is 32.2. The van der Waals surface area contributed by atoms with Gasteiger partial charge in [0.2, 0.25) is 0 Å². The Labute approximate surface area is 102 Å². The number of likely N-dealkylation sites (N-methyl/N-ethyl adjacent to an activating group) is 1. The fourth-order valence-corrected chi connectivity index (χ4v) is 3.03. The quantitative estimate of drug-likeness (QED) is 0.840. The maximum atomic E-state index is 3.48. The minimum atomic E-state index is 0.629. The van der Waals surface area contributed by atoms with Crippen LogP contribution in [0, 0.1) is 0 Å². The van der Waals surface area contributed by atoms with Crippen molar-refractivity contribution in [2.75, 3.05) is 31.2 Å². The van der Waals surface area contributed by atoms with Gasteiger partial charge in [-0.15, -0.1) is 11.8 Å². The summed E-state index contributed by atoms with van der Waals surface area (Å²) in [5, 5.41) is 6.75. The molecule has 0 spiro atoms. The van der Waals surface area contributed by atoms with Crippen molar-refractivity contribution in [2.45, 2.75) is 24.2 Å². The largest absolute Gasteiger partial charge is 0.383 e. The summed E-state index contributed by atoms with van der Waals surface area (Å²) in [6, 6.07) is 6.87. The van der Waals surface area contributed by atoms with Crippen molar-refractivity contribution in [3.63, 3.8) is 0 Å². The van der Waals surface area contributed by atoms with Gasteiger partial charge in [-0.2, -0.15) is 0 Å². The molecule has 1 aliphatic heterocycles. The van der Waals surface area contributed by atoms with Gasteiger partial charge in [0.15, 0.2) is 0 Å². The molecule has 1 unspecified atom stereocenters. The number of hydrogen-bond acceptors (Lipinski definition) is 3. The van der Waals surface area contributed by atoms with Gasteiger partial charge in [-0.05, 0) is 37.1 Å². The molecule has 16 heavy (non-hydrogen) atoms. The smallest absolute Gasteiger partial charge is 0.0481 e. The minimum absolute atomic E-state index is 0.629. The molecule has 2 N–H and O–H groups in total. The molecule has 1 aromatic rings. The summed E-state index contributed by atoms with van der Waals surface area (Å²) in [5.41, 5.74) is 2.77. The van der Waals surface area contributed by atoms with E-state index < -0.39 is 0 Å². The minimum Gasteiger partial charge on any atom is -0.383 e. The highest BCUT2D eigenvalue weighted by Gasteiger charge is 2.13. The number of hydrogen-bond donors (Lipinski definition) is 2. The molecule has 0 aliphatic carbocycles. The summed E-state index contributed by atoms with van der Waals surface area (Å²) in [6.45, 7) is 4.40. The molecule has 1 aromatic carbocycles. The first kappa shape index (κ1) is 11.8. The van der Waals surface area contributed by atoms with Crippen molar-refractivity contribution in [1.29, 1.82) is 0 Å². The number of benzene rings is 1. The summed E-state index contributed by atoms with van der Waals surface area (Å²) in [5.74, 6) is 1.81. The van der Waals surface area contributed by atoms with E-state index in [4.69, 9.17) is 0 Å². The van der Waals surface area contributed by atoms with E-state index in [0.717, 1.165) is 13.1 Å². The summed E-state index contributed by atoms with van der Waals surface area (Å²) >= 11 is 1.95. The highest BCUT2D eigenvalue weighted by Crippen LogP contribution is 2.33. The zero-order chi connectivity index (χ0) is 11.4. The van der Waals surface area contributed by atoms with E-state index in [1.807, 2.05) is 18.8 Å². The third kappa shape index (κ3) is 2.53. The van der Waals surface area contributed by atoms with Gasteiger partial charge in [0, 0.05) is 29.4 Å². The van der Waals surface area contributed by atoms with E-state index in [-0.39, 0.29) is 0 Å². The number of anilines is 1.